The fourth-order valence-corrected chi connectivity index (χ4v) is 3.45. The lowest BCUT2D eigenvalue weighted by Crippen LogP contribution is -2.26. The molecule has 21 heavy (non-hydrogen) atoms. The predicted molar refractivity (Wildman–Crippen MR) is 86.4 cm³/mol. The third-order valence-corrected chi connectivity index (χ3v) is 4.91. The molecule has 0 fully saturated rings. The lowest BCUT2D eigenvalue weighted by atomic mass is 10.0. The summed E-state index contributed by atoms with van der Waals surface area (Å²) in [7, 11) is 5.67. The number of likely N-dealkylation sites (N-methyl/N-ethyl adjacent to an activating group) is 2. The van der Waals surface area contributed by atoms with Crippen LogP contribution >= 0.6 is 23.2 Å². The molecule has 0 spiro atoms. The van der Waals surface area contributed by atoms with Gasteiger partial charge in [0.15, 0.2) is 0 Å². The number of hydrogen-bond acceptors (Lipinski definition) is 4. The van der Waals surface area contributed by atoms with Crippen molar-refractivity contribution in [3.8, 4) is 5.75 Å². The number of halogens is 2. The van der Waals surface area contributed by atoms with E-state index in [2.05, 4.69) is 22.2 Å². The van der Waals surface area contributed by atoms with Crippen LogP contribution in [0.3, 0.4) is 0 Å². The first-order valence-corrected chi connectivity index (χ1v) is 7.52. The quantitative estimate of drug-likeness (QED) is 0.939. The van der Waals surface area contributed by atoms with Crippen LogP contribution in [-0.4, -0.2) is 37.6 Å². The standard InChI is InChI=1S/C15H17Cl2N3O/c1-18-6-11-9-5-19-15-8(10(9)7-20(11)2)4-12(21-3)13(16)14(15)17/h4-5,11,18H,6-7H2,1-3H3/t11-/m0/s1. The summed E-state index contributed by atoms with van der Waals surface area (Å²) in [4.78, 5) is 6.83. The molecule has 2 aromatic rings. The van der Waals surface area contributed by atoms with Crippen LogP contribution in [0.25, 0.3) is 10.9 Å². The number of hydrogen-bond donors (Lipinski definition) is 1. The molecule has 0 radical (unpaired) electrons. The van der Waals surface area contributed by atoms with E-state index in [1.165, 1.54) is 11.1 Å². The Morgan fingerprint density at radius 1 is 1.43 bits per heavy atom. The molecule has 0 aliphatic carbocycles. The second kappa shape index (κ2) is 5.61. The largest absolute Gasteiger partial charge is 0.495 e. The van der Waals surface area contributed by atoms with E-state index < -0.39 is 0 Å². The number of rotatable bonds is 3. The number of aromatic nitrogens is 1. The lowest BCUT2D eigenvalue weighted by Gasteiger charge is -2.19. The molecule has 0 saturated heterocycles. The number of nitrogens with zero attached hydrogens (tertiary/aromatic N) is 2. The van der Waals surface area contributed by atoms with Crippen LogP contribution in [0.4, 0.5) is 0 Å². The van der Waals surface area contributed by atoms with Crippen LogP contribution in [0.5, 0.6) is 5.75 Å². The van der Waals surface area contributed by atoms with Crippen molar-refractivity contribution in [3.63, 3.8) is 0 Å². The van der Waals surface area contributed by atoms with Crippen LogP contribution < -0.4 is 10.1 Å². The monoisotopic (exact) mass is 325 g/mol. The lowest BCUT2D eigenvalue weighted by molar-refractivity contribution is 0.264. The van der Waals surface area contributed by atoms with Gasteiger partial charge in [0.2, 0.25) is 0 Å². The molecule has 0 unspecified atom stereocenters. The molecule has 3 rings (SSSR count). The summed E-state index contributed by atoms with van der Waals surface area (Å²) >= 11 is 12.6. The van der Waals surface area contributed by atoms with E-state index in [0.717, 1.165) is 24.0 Å². The Bertz CT molecular complexity index is 705. The zero-order chi connectivity index (χ0) is 15.1. The van der Waals surface area contributed by atoms with Gasteiger partial charge in [-0.1, -0.05) is 23.2 Å². The van der Waals surface area contributed by atoms with Crippen molar-refractivity contribution in [1.82, 2.24) is 15.2 Å². The van der Waals surface area contributed by atoms with E-state index in [-0.39, 0.29) is 0 Å². The molecular formula is C15H17Cl2N3O. The van der Waals surface area contributed by atoms with Crippen LogP contribution in [0.2, 0.25) is 10.0 Å². The molecule has 6 heteroatoms. The predicted octanol–water partition coefficient (Wildman–Crippen LogP) is 3.26. The number of pyridine rings is 1. The first-order valence-electron chi connectivity index (χ1n) is 6.76. The van der Waals surface area contributed by atoms with Gasteiger partial charge in [-0.25, -0.2) is 0 Å². The van der Waals surface area contributed by atoms with Crippen molar-refractivity contribution in [3.05, 3.63) is 33.4 Å². The van der Waals surface area contributed by atoms with Gasteiger partial charge >= 0.3 is 0 Å². The Labute approximate surface area is 134 Å². The minimum absolute atomic E-state index is 0.322. The first kappa shape index (κ1) is 14.9. The van der Waals surface area contributed by atoms with Crippen molar-refractivity contribution < 1.29 is 4.74 Å². The van der Waals surface area contributed by atoms with Crippen molar-refractivity contribution in [2.24, 2.45) is 0 Å². The SMILES string of the molecule is CNC[C@H]1c2cnc3c(Cl)c(Cl)c(OC)cc3c2CN1C. The summed E-state index contributed by atoms with van der Waals surface area (Å²) in [6.45, 7) is 1.75. The highest BCUT2D eigenvalue weighted by Gasteiger charge is 2.29. The van der Waals surface area contributed by atoms with Gasteiger partial charge in [0.25, 0.3) is 0 Å². The third-order valence-electron chi connectivity index (χ3n) is 4.07. The molecule has 4 nitrogen and oxygen atoms in total. The van der Waals surface area contributed by atoms with Crippen LogP contribution in [-0.2, 0) is 6.54 Å². The summed E-state index contributed by atoms with van der Waals surface area (Å²) in [5.74, 6) is 0.587. The van der Waals surface area contributed by atoms with Crippen molar-refractivity contribution >= 4 is 34.1 Å². The topological polar surface area (TPSA) is 37.4 Å². The molecule has 2 heterocycles. The molecule has 112 valence electrons. The Morgan fingerprint density at radius 3 is 2.86 bits per heavy atom. The second-order valence-electron chi connectivity index (χ2n) is 5.28. The van der Waals surface area contributed by atoms with Crippen molar-refractivity contribution in [2.45, 2.75) is 12.6 Å². The Kier molecular flexibility index (Phi) is 3.97. The zero-order valence-electron chi connectivity index (χ0n) is 12.2. The molecule has 1 aromatic carbocycles. The van der Waals surface area contributed by atoms with Crippen LogP contribution in [0, 0.1) is 0 Å². The van der Waals surface area contributed by atoms with E-state index in [1.807, 2.05) is 19.3 Å². The van der Waals surface area contributed by atoms with Gasteiger partial charge in [0.1, 0.15) is 10.8 Å². The van der Waals surface area contributed by atoms with Gasteiger partial charge < -0.3 is 10.1 Å². The van der Waals surface area contributed by atoms with Gasteiger partial charge in [0, 0.05) is 30.7 Å². The van der Waals surface area contributed by atoms with Gasteiger partial charge in [0.05, 0.1) is 17.6 Å². The van der Waals surface area contributed by atoms with E-state index in [1.54, 1.807) is 7.11 Å². The fourth-order valence-electron chi connectivity index (χ4n) is 2.99. The maximum absolute atomic E-state index is 6.35. The Hall–Kier alpha value is -1.07. The normalized spacial score (nSPS) is 18.2. The minimum Gasteiger partial charge on any atom is -0.495 e. The van der Waals surface area contributed by atoms with E-state index in [0.29, 0.717) is 21.8 Å². The molecular weight excluding hydrogens is 309 g/mol. The number of methoxy groups -OCH3 is 1. The van der Waals surface area contributed by atoms with Gasteiger partial charge in [-0.2, -0.15) is 0 Å². The molecule has 1 N–H and O–H groups in total. The van der Waals surface area contributed by atoms with Gasteiger partial charge in [-0.05, 0) is 31.3 Å². The van der Waals surface area contributed by atoms with Gasteiger partial charge in [-0.15, -0.1) is 0 Å². The Balaban J connectivity index is 2.25. The summed E-state index contributed by atoms with van der Waals surface area (Å²) < 4.78 is 5.32. The average molecular weight is 326 g/mol. The highest BCUT2D eigenvalue weighted by atomic mass is 35.5. The van der Waals surface area contributed by atoms with Crippen LogP contribution in [0.1, 0.15) is 17.2 Å². The minimum atomic E-state index is 0.322. The molecule has 1 aliphatic heterocycles. The number of nitrogens with one attached hydrogen (secondary N) is 1. The first-order chi connectivity index (χ1) is 10.1. The fraction of sp³-hybridized carbons (Fsp3) is 0.400. The molecule has 0 amide bonds. The summed E-state index contributed by atoms with van der Waals surface area (Å²) in [6.07, 6.45) is 1.91. The summed E-state index contributed by atoms with van der Waals surface area (Å²) in [5, 5.41) is 5.11. The molecule has 0 bridgehead atoms. The zero-order valence-corrected chi connectivity index (χ0v) is 13.7. The van der Waals surface area contributed by atoms with E-state index in [9.17, 15) is 0 Å². The van der Waals surface area contributed by atoms with Crippen LogP contribution in [0.15, 0.2) is 12.3 Å². The number of ether oxygens (including phenoxy) is 1. The maximum Gasteiger partial charge on any atom is 0.139 e. The second-order valence-corrected chi connectivity index (χ2v) is 6.04. The van der Waals surface area contributed by atoms with E-state index >= 15 is 0 Å². The summed E-state index contributed by atoms with van der Waals surface area (Å²) in [5.41, 5.74) is 3.22. The maximum atomic E-state index is 6.35. The van der Waals surface area contributed by atoms with Crippen molar-refractivity contribution in [1.29, 1.82) is 0 Å². The molecule has 0 saturated carbocycles. The van der Waals surface area contributed by atoms with E-state index in [4.69, 9.17) is 27.9 Å². The molecule has 1 atom stereocenters. The Morgan fingerprint density at radius 2 is 2.19 bits per heavy atom. The molecule has 1 aromatic heterocycles. The van der Waals surface area contributed by atoms with Crippen molar-refractivity contribution in [2.75, 3.05) is 27.7 Å². The smallest absolute Gasteiger partial charge is 0.139 e. The number of benzene rings is 1. The molecule has 1 aliphatic rings. The highest BCUT2D eigenvalue weighted by Crippen LogP contribution is 2.42. The number of fused-ring (bicyclic) bond motifs is 3. The average Bonchev–Trinajstić information content (AvgIpc) is 2.79. The van der Waals surface area contributed by atoms with Gasteiger partial charge in [-0.3, -0.25) is 9.88 Å². The summed E-state index contributed by atoms with van der Waals surface area (Å²) in [6, 6.07) is 2.26. The highest BCUT2D eigenvalue weighted by molar-refractivity contribution is 6.46. The third kappa shape index (κ3) is 2.27.